The zero-order valence-electron chi connectivity index (χ0n) is 17.1. The monoisotopic (exact) mass is 422 g/mol. The number of fused-ring (bicyclic) bond motifs is 2. The van der Waals surface area contributed by atoms with Crippen molar-refractivity contribution >= 4 is 17.7 Å². The van der Waals surface area contributed by atoms with E-state index < -0.39 is 11.8 Å². The number of hydrogen-bond donors (Lipinski definition) is 0. The van der Waals surface area contributed by atoms with Crippen LogP contribution >= 0.6 is 0 Å². The van der Waals surface area contributed by atoms with Crippen molar-refractivity contribution in [3.8, 4) is 0 Å². The molecule has 3 aliphatic rings. The first-order valence-corrected chi connectivity index (χ1v) is 10.7. The number of amides is 3. The fraction of sp³-hybridized carbons (Fsp3) is 0.391. The Morgan fingerprint density at radius 1 is 1.00 bits per heavy atom. The second-order valence-corrected chi connectivity index (χ2v) is 8.38. The van der Waals surface area contributed by atoms with Crippen LogP contribution in [0.1, 0.15) is 62.5 Å². The summed E-state index contributed by atoms with van der Waals surface area (Å²) in [7, 11) is 0. The lowest BCUT2D eigenvalue weighted by atomic mass is 10.0. The third-order valence-corrected chi connectivity index (χ3v) is 6.44. The average molecular weight is 422 g/mol. The van der Waals surface area contributed by atoms with Crippen LogP contribution in [-0.2, 0) is 13.0 Å². The number of aromatic nitrogens is 2. The van der Waals surface area contributed by atoms with Crippen LogP contribution in [0.15, 0.2) is 42.4 Å². The molecule has 8 heteroatoms. The van der Waals surface area contributed by atoms with Gasteiger partial charge in [0, 0.05) is 25.2 Å². The topological polar surface area (TPSA) is 75.5 Å². The Hall–Kier alpha value is -3.29. The lowest BCUT2D eigenvalue weighted by molar-refractivity contribution is 0.0653. The van der Waals surface area contributed by atoms with Crippen LogP contribution in [0, 0.1) is 0 Å². The van der Waals surface area contributed by atoms with E-state index in [1.807, 2.05) is 4.90 Å². The van der Waals surface area contributed by atoms with Crippen molar-refractivity contribution in [2.24, 2.45) is 0 Å². The maximum Gasteiger partial charge on any atom is 0.261 e. The van der Waals surface area contributed by atoms with Gasteiger partial charge in [0.15, 0.2) is 0 Å². The highest BCUT2D eigenvalue weighted by atomic mass is 19.1. The molecular weight excluding hydrogens is 399 g/mol. The first-order chi connectivity index (χ1) is 15.1. The molecule has 1 saturated carbocycles. The second kappa shape index (κ2) is 7.76. The van der Waals surface area contributed by atoms with Crippen LogP contribution in [0.5, 0.6) is 0 Å². The highest BCUT2D eigenvalue weighted by Crippen LogP contribution is 2.29. The predicted molar refractivity (Wildman–Crippen MR) is 110 cm³/mol. The number of halogens is 1. The molecule has 0 radical (unpaired) electrons. The number of carbonyl (C=O) groups is 3. The smallest absolute Gasteiger partial charge is 0.261 e. The maximum atomic E-state index is 13.7. The van der Waals surface area contributed by atoms with E-state index in [4.69, 9.17) is 0 Å². The molecule has 3 amide bonds. The third kappa shape index (κ3) is 3.36. The highest BCUT2D eigenvalue weighted by molar-refractivity contribution is 6.21. The molecule has 0 saturated heterocycles. The molecule has 1 aromatic heterocycles. The summed E-state index contributed by atoms with van der Waals surface area (Å²) in [4.78, 5) is 41.1. The molecule has 1 aromatic carbocycles. The van der Waals surface area contributed by atoms with Crippen molar-refractivity contribution in [1.82, 2.24) is 19.6 Å². The fourth-order valence-electron chi connectivity index (χ4n) is 4.87. The Kier molecular flexibility index (Phi) is 4.92. The summed E-state index contributed by atoms with van der Waals surface area (Å²) in [5, 5.41) is 4.48. The summed E-state index contributed by atoms with van der Waals surface area (Å²) >= 11 is 0. The minimum absolute atomic E-state index is 0.00877. The highest BCUT2D eigenvalue weighted by Gasteiger charge is 2.36. The molecule has 1 fully saturated rings. The third-order valence-electron chi connectivity index (χ3n) is 6.44. The van der Waals surface area contributed by atoms with Crippen LogP contribution in [-0.4, -0.2) is 56.4 Å². The minimum Gasteiger partial charge on any atom is -0.335 e. The summed E-state index contributed by atoms with van der Waals surface area (Å²) in [6, 6.07) is 6.88. The van der Waals surface area contributed by atoms with E-state index in [1.165, 1.54) is 4.68 Å². The van der Waals surface area contributed by atoms with Crippen molar-refractivity contribution in [3.05, 3.63) is 64.7 Å². The van der Waals surface area contributed by atoms with Gasteiger partial charge in [-0.1, -0.05) is 25.0 Å². The summed E-state index contributed by atoms with van der Waals surface area (Å²) in [6.07, 6.45) is 7.15. The van der Waals surface area contributed by atoms with Crippen molar-refractivity contribution in [2.45, 2.75) is 44.7 Å². The van der Waals surface area contributed by atoms with Crippen molar-refractivity contribution in [2.75, 3.05) is 13.1 Å². The number of nitrogens with zero attached hydrogens (tertiary/aromatic N) is 4. The van der Waals surface area contributed by atoms with E-state index in [0.717, 1.165) is 36.3 Å². The Morgan fingerprint density at radius 3 is 2.32 bits per heavy atom. The number of carbonyl (C=O) groups excluding carboxylic acids is 3. The van der Waals surface area contributed by atoms with Gasteiger partial charge in [-0.15, -0.1) is 0 Å². The maximum absolute atomic E-state index is 13.7. The summed E-state index contributed by atoms with van der Waals surface area (Å²) in [5.74, 6) is -0.866. The molecule has 0 spiro atoms. The van der Waals surface area contributed by atoms with Gasteiger partial charge in [-0.25, -0.2) is 4.39 Å². The molecule has 0 N–H and O–H groups in total. The van der Waals surface area contributed by atoms with Gasteiger partial charge in [0.05, 0.1) is 41.8 Å². The van der Waals surface area contributed by atoms with E-state index in [-0.39, 0.29) is 24.6 Å². The Morgan fingerprint density at radius 2 is 1.68 bits per heavy atom. The minimum atomic E-state index is -0.429. The Balaban J connectivity index is 1.30. The van der Waals surface area contributed by atoms with Crippen LogP contribution < -0.4 is 0 Å². The van der Waals surface area contributed by atoms with Crippen LogP contribution in [0.3, 0.4) is 0 Å². The standard InChI is InChI=1S/C23H23FN4O3/c24-11-15(13-28-21(29)17-7-3-4-8-18(17)22(28)30)12-26-14-19-20(25-26)9-10-27(23(19)31)16-5-1-2-6-16/h3-4,7-8,11,14,16H,1-2,5-6,9-10,12-13H2. The normalized spacial score (nSPS) is 19.4. The van der Waals surface area contributed by atoms with E-state index in [9.17, 15) is 18.8 Å². The first-order valence-electron chi connectivity index (χ1n) is 10.7. The first kappa shape index (κ1) is 19.7. The Bertz CT molecular complexity index is 1060. The largest absolute Gasteiger partial charge is 0.335 e. The second-order valence-electron chi connectivity index (χ2n) is 8.38. The van der Waals surface area contributed by atoms with Crippen molar-refractivity contribution in [3.63, 3.8) is 0 Å². The molecule has 2 aromatic rings. The van der Waals surface area contributed by atoms with Crippen molar-refractivity contribution in [1.29, 1.82) is 0 Å². The van der Waals surface area contributed by atoms with Gasteiger partial charge < -0.3 is 4.90 Å². The molecular formula is C23H23FN4O3. The molecule has 7 nitrogen and oxygen atoms in total. The molecule has 3 heterocycles. The summed E-state index contributed by atoms with van der Waals surface area (Å²) in [5.41, 5.74) is 2.18. The molecule has 160 valence electrons. The lowest BCUT2D eigenvalue weighted by Gasteiger charge is -2.31. The fourth-order valence-corrected chi connectivity index (χ4v) is 4.87. The molecule has 2 aliphatic heterocycles. The number of rotatable bonds is 5. The lowest BCUT2D eigenvalue weighted by Crippen LogP contribution is -2.43. The van der Waals surface area contributed by atoms with Crippen molar-refractivity contribution < 1.29 is 18.8 Å². The zero-order valence-corrected chi connectivity index (χ0v) is 17.1. The van der Waals surface area contributed by atoms with Gasteiger partial charge >= 0.3 is 0 Å². The van der Waals surface area contributed by atoms with Gasteiger partial charge in [-0.05, 0) is 30.5 Å². The van der Waals surface area contributed by atoms with Gasteiger partial charge in [0.1, 0.15) is 0 Å². The number of hydrogen-bond acceptors (Lipinski definition) is 4. The molecule has 31 heavy (non-hydrogen) atoms. The average Bonchev–Trinajstić information content (AvgIpc) is 3.50. The molecule has 0 atom stereocenters. The van der Waals surface area contributed by atoms with Gasteiger partial charge in [-0.3, -0.25) is 24.0 Å². The van der Waals surface area contributed by atoms with Gasteiger partial charge in [0.2, 0.25) is 0 Å². The number of benzene rings is 1. The SMILES string of the molecule is O=C1c2ccccc2C(=O)N1CC(=CF)Cn1cc2c(n1)CCN(C1CCCC1)C2=O. The van der Waals surface area contributed by atoms with Crippen LogP contribution in [0.25, 0.3) is 0 Å². The van der Waals surface area contributed by atoms with Gasteiger partial charge in [0.25, 0.3) is 17.7 Å². The van der Waals surface area contributed by atoms with E-state index in [0.29, 0.717) is 42.0 Å². The Labute approximate surface area is 179 Å². The molecule has 0 bridgehead atoms. The summed E-state index contributed by atoms with van der Waals surface area (Å²) in [6.45, 7) is 0.567. The molecule has 0 unspecified atom stereocenters. The van der Waals surface area contributed by atoms with Crippen LogP contribution in [0.4, 0.5) is 4.39 Å². The quantitative estimate of drug-likeness (QED) is 0.695. The van der Waals surface area contributed by atoms with E-state index >= 15 is 0 Å². The van der Waals surface area contributed by atoms with Gasteiger partial charge in [-0.2, -0.15) is 5.10 Å². The predicted octanol–water partition coefficient (Wildman–Crippen LogP) is 2.97. The molecule has 1 aliphatic carbocycles. The van der Waals surface area contributed by atoms with E-state index in [2.05, 4.69) is 5.10 Å². The van der Waals surface area contributed by atoms with Crippen LogP contribution in [0.2, 0.25) is 0 Å². The van der Waals surface area contributed by atoms with E-state index in [1.54, 1.807) is 30.5 Å². The molecule has 5 rings (SSSR count). The zero-order chi connectivity index (χ0) is 21.5. The number of imide groups is 1. The summed E-state index contributed by atoms with van der Waals surface area (Å²) < 4.78 is 15.2.